The third-order valence-electron chi connectivity index (χ3n) is 9.36. The maximum absolute atomic E-state index is 12.7. The van der Waals surface area contributed by atoms with Gasteiger partial charge in [0.2, 0.25) is 0 Å². The van der Waals surface area contributed by atoms with Crippen LogP contribution in [-0.2, 0) is 28.6 Å². The van der Waals surface area contributed by atoms with E-state index in [9.17, 15) is 14.4 Å². The molecule has 0 aliphatic carbocycles. The van der Waals surface area contributed by atoms with Gasteiger partial charge in [-0.05, 0) is 103 Å². The van der Waals surface area contributed by atoms with Crippen molar-refractivity contribution in [3.63, 3.8) is 0 Å². The summed E-state index contributed by atoms with van der Waals surface area (Å²) in [4.78, 5) is 37.8. The molecule has 0 saturated carbocycles. The summed E-state index contributed by atoms with van der Waals surface area (Å²) in [6.07, 6.45) is 57.1. The van der Waals surface area contributed by atoms with Crippen LogP contribution < -0.4 is 0 Å². The van der Waals surface area contributed by atoms with Gasteiger partial charge in [0.25, 0.3) is 0 Å². The van der Waals surface area contributed by atoms with Crippen LogP contribution in [0.15, 0.2) is 85.1 Å². The first kappa shape index (κ1) is 53.6. The van der Waals surface area contributed by atoms with E-state index in [0.29, 0.717) is 12.8 Å². The minimum Gasteiger partial charge on any atom is -0.462 e. The van der Waals surface area contributed by atoms with Gasteiger partial charge in [-0.3, -0.25) is 14.4 Å². The molecule has 0 aliphatic rings. The van der Waals surface area contributed by atoms with Crippen LogP contribution in [0, 0.1) is 0 Å². The van der Waals surface area contributed by atoms with Gasteiger partial charge in [0.1, 0.15) is 13.2 Å². The predicted molar refractivity (Wildman–Crippen MR) is 242 cm³/mol. The molecule has 0 N–H and O–H groups in total. The van der Waals surface area contributed by atoms with Crippen molar-refractivity contribution in [1.82, 2.24) is 0 Å². The summed E-state index contributed by atoms with van der Waals surface area (Å²) in [6.45, 7) is 6.30. The monoisotopic (exact) mass is 793 g/mol. The van der Waals surface area contributed by atoms with Crippen LogP contribution >= 0.6 is 0 Å². The lowest BCUT2D eigenvalue weighted by Gasteiger charge is -2.18. The lowest BCUT2D eigenvalue weighted by molar-refractivity contribution is -0.167. The predicted octanol–water partition coefficient (Wildman–Crippen LogP) is 14.9. The van der Waals surface area contributed by atoms with E-state index in [0.717, 1.165) is 135 Å². The normalized spacial score (nSPS) is 12.8. The molecule has 57 heavy (non-hydrogen) atoms. The van der Waals surface area contributed by atoms with E-state index in [4.69, 9.17) is 14.2 Å². The van der Waals surface area contributed by atoms with Crippen LogP contribution in [0.4, 0.5) is 0 Å². The van der Waals surface area contributed by atoms with Gasteiger partial charge in [-0.25, -0.2) is 0 Å². The van der Waals surface area contributed by atoms with Crippen molar-refractivity contribution < 1.29 is 28.6 Å². The number of carbonyl (C=O) groups is 3. The number of hydrogen-bond donors (Lipinski definition) is 0. The van der Waals surface area contributed by atoms with Crippen molar-refractivity contribution in [1.29, 1.82) is 0 Å². The Morgan fingerprint density at radius 2 is 0.684 bits per heavy atom. The average Bonchev–Trinajstić information content (AvgIpc) is 3.21. The van der Waals surface area contributed by atoms with Crippen LogP contribution in [0.1, 0.15) is 201 Å². The van der Waals surface area contributed by atoms with Gasteiger partial charge >= 0.3 is 17.9 Å². The fourth-order valence-electron chi connectivity index (χ4n) is 5.92. The van der Waals surface area contributed by atoms with Gasteiger partial charge in [0.15, 0.2) is 6.10 Å². The summed E-state index contributed by atoms with van der Waals surface area (Å²) in [6, 6.07) is 0. The van der Waals surface area contributed by atoms with Crippen LogP contribution in [-0.4, -0.2) is 37.2 Å². The van der Waals surface area contributed by atoms with E-state index in [2.05, 4.69) is 106 Å². The first-order valence-electron chi connectivity index (χ1n) is 23.1. The molecule has 0 aromatic rings. The van der Waals surface area contributed by atoms with Gasteiger partial charge in [-0.2, -0.15) is 0 Å². The van der Waals surface area contributed by atoms with Gasteiger partial charge < -0.3 is 14.2 Å². The molecule has 0 aromatic carbocycles. The summed E-state index contributed by atoms with van der Waals surface area (Å²) < 4.78 is 16.7. The molecule has 0 bridgehead atoms. The second kappa shape index (κ2) is 45.3. The number of carbonyl (C=O) groups excluding carboxylic acids is 3. The molecule has 0 rings (SSSR count). The van der Waals surface area contributed by atoms with Crippen molar-refractivity contribution >= 4 is 17.9 Å². The van der Waals surface area contributed by atoms with Crippen LogP contribution in [0.3, 0.4) is 0 Å². The number of allylic oxidation sites excluding steroid dienone is 14. The highest BCUT2D eigenvalue weighted by molar-refractivity contribution is 5.71. The molecule has 0 fully saturated rings. The zero-order valence-corrected chi connectivity index (χ0v) is 36.8. The Bertz CT molecular complexity index is 1140. The lowest BCUT2D eigenvalue weighted by atomic mass is 10.1. The highest BCUT2D eigenvalue weighted by Crippen LogP contribution is 2.12. The molecule has 0 heterocycles. The number of rotatable bonds is 40. The minimum atomic E-state index is -0.800. The molecule has 6 nitrogen and oxygen atoms in total. The van der Waals surface area contributed by atoms with Crippen molar-refractivity contribution in [3.05, 3.63) is 85.1 Å². The lowest BCUT2D eigenvalue weighted by Crippen LogP contribution is -2.30. The standard InChI is InChI=1S/C51H84O6/c1-4-7-10-13-16-19-22-24-25-27-29-32-35-38-41-44-50(53)56-47-48(46-55-49(52)43-40-37-34-31-28-21-18-15-12-9-6-3)57-51(54)45-42-39-36-33-30-26-23-20-17-14-11-8-5-2/h7-8,10-11,15-20,24-26,30,48H,4-6,9,12-14,21-23,27-29,31-47H2,1-3H3/b10-7-,11-8-,18-15-,19-16-,20-17-,25-24-,30-26-. The summed E-state index contributed by atoms with van der Waals surface area (Å²) in [5, 5.41) is 0. The Balaban J connectivity index is 4.47. The molecule has 0 aromatic heterocycles. The summed E-state index contributed by atoms with van der Waals surface area (Å²) in [5.41, 5.74) is 0. The van der Waals surface area contributed by atoms with E-state index < -0.39 is 6.10 Å². The molecule has 1 atom stereocenters. The third kappa shape index (κ3) is 43.6. The van der Waals surface area contributed by atoms with Crippen LogP contribution in [0.2, 0.25) is 0 Å². The topological polar surface area (TPSA) is 78.9 Å². The summed E-state index contributed by atoms with van der Waals surface area (Å²) >= 11 is 0. The van der Waals surface area contributed by atoms with Gasteiger partial charge in [0.05, 0.1) is 0 Å². The minimum absolute atomic E-state index is 0.0998. The number of hydrogen-bond acceptors (Lipinski definition) is 6. The number of unbranched alkanes of at least 4 members (excludes halogenated alkanes) is 15. The zero-order valence-electron chi connectivity index (χ0n) is 36.8. The highest BCUT2D eigenvalue weighted by atomic mass is 16.6. The molecule has 0 amide bonds. The molecule has 6 heteroatoms. The van der Waals surface area contributed by atoms with E-state index in [1.54, 1.807) is 0 Å². The fraction of sp³-hybridized carbons (Fsp3) is 0.667. The van der Waals surface area contributed by atoms with E-state index in [1.165, 1.54) is 25.7 Å². The van der Waals surface area contributed by atoms with Gasteiger partial charge in [-0.1, -0.05) is 164 Å². The average molecular weight is 793 g/mol. The van der Waals surface area contributed by atoms with Crippen molar-refractivity contribution in [2.24, 2.45) is 0 Å². The first-order valence-corrected chi connectivity index (χ1v) is 23.1. The third-order valence-corrected chi connectivity index (χ3v) is 9.36. The van der Waals surface area contributed by atoms with Crippen LogP contribution in [0.25, 0.3) is 0 Å². The Kier molecular flexibility index (Phi) is 42.6. The molecular weight excluding hydrogens is 709 g/mol. The Labute approximate surface area is 350 Å². The Morgan fingerprint density at radius 3 is 1.11 bits per heavy atom. The molecule has 0 spiro atoms. The highest BCUT2D eigenvalue weighted by Gasteiger charge is 2.19. The fourth-order valence-corrected chi connectivity index (χ4v) is 5.92. The van der Waals surface area contributed by atoms with E-state index in [-0.39, 0.29) is 37.5 Å². The number of esters is 3. The molecular formula is C51H84O6. The number of ether oxygens (including phenoxy) is 3. The van der Waals surface area contributed by atoms with E-state index in [1.807, 2.05) is 0 Å². The van der Waals surface area contributed by atoms with Gasteiger partial charge in [-0.15, -0.1) is 0 Å². The Morgan fingerprint density at radius 1 is 0.368 bits per heavy atom. The molecule has 0 saturated heterocycles. The molecule has 0 radical (unpaired) electrons. The SMILES string of the molecule is CC/C=C\C/C=C\C/C=C\CCCCCCCC(=O)OCC(COC(=O)CCCCCCC/C=C\CCCC)OC(=O)CCCCC/C=C\C/C=C\C/C=C\CC. The first-order chi connectivity index (χ1) is 28.0. The van der Waals surface area contributed by atoms with E-state index >= 15 is 0 Å². The second-order valence-electron chi connectivity index (χ2n) is 14.9. The maximum Gasteiger partial charge on any atom is 0.306 e. The smallest absolute Gasteiger partial charge is 0.306 e. The maximum atomic E-state index is 12.7. The zero-order chi connectivity index (χ0) is 41.5. The summed E-state index contributed by atoms with van der Waals surface area (Å²) in [7, 11) is 0. The van der Waals surface area contributed by atoms with Gasteiger partial charge in [0, 0.05) is 19.3 Å². The largest absolute Gasteiger partial charge is 0.462 e. The van der Waals surface area contributed by atoms with Crippen molar-refractivity contribution in [3.8, 4) is 0 Å². The Hall–Kier alpha value is -3.41. The molecule has 0 aliphatic heterocycles. The van der Waals surface area contributed by atoms with Crippen LogP contribution in [0.5, 0.6) is 0 Å². The summed E-state index contributed by atoms with van der Waals surface area (Å²) in [5.74, 6) is -0.964. The quantitative estimate of drug-likeness (QED) is 0.0266. The van der Waals surface area contributed by atoms with Crippen molar-refractivity contribution in [2.75, 3.05) is 13.2 Å². The molecule has 1 unspecified atom stereocenters. The van der Waals surface area contributed by atoms with Crippen molar-refractivity contribution in [2.45, 2.75) is 207 Å². The molecule has 324 valence electrons. The second-order valence-corrected chi connectivity index (χ2v) is 14.9.